The van der Waals surface area contributed by atoms with Crippen LogP contribution in [0.2, 0.25) is 0 Å². The molecule has 0 bridgehead atoms. The second-order valence-electron chi connectivity index (χ2n) is 5.06. The summed E-state index contributed by atoms with van der Waals surface area (Å²) in [5, 5.41) is 12.2. The summed E-state index contributed by atoms with van der Waals surface area (Å²) in [4.78, 5) is 24.2. The number of carboxylic acids is 1. The number of hydrogen-bond donors (Lipinski definition) is 2. The fraction of sp³-hybridized carbons (Fsp3) is 0.538. The van der Waals surface area contributed by atoms with Crippen molar-refractivity contribution in [1.82, 2.24) is 5.32 Å². The molecule has 20 heavy (non-hydrogen) atoms. The first-order valence-corrected chi connectivity index (χ1v) is 8.81. The Morgan fingerprint density at radius 3 is 2.45 bits per heavy atom. The smallest absolute Gasteiger partial charge is 0.311 e. The minimum atomic E-state index is -0.800. The highest BCUT2D eigenvalue weighted by molar-refractivity contribution is 9.13. The van der Waals surface area contributed by atoms with E-state index in [1.165, 1.54) is 11.3 Å². The molecule has 0 atom stereocenters. The number of rotatable bonds is 4. The zero-order valence-electron chi connectivity index (χ0n) is 10.7. The second-order valence-corrected chi connectivity index (χ2v) is 8.29. The molecule has 1 amide bonds. The third-order valence-corrected chi connectivity index (χ3v) is 6.98. The van der Waals surface area contributed by atoms with Gasteiger partial charge in [0.1, 0.15) is 0 Å². The van der Waals surface area contributed by atoms with Crippen LogP contribution in [0.3, 0.4) is 0 Å². The molecule has 1 fully saturated rings. The average molecular weight is 425 g/mol. The highest BCUT2D eigenvalue weighted by Gasteiger charge is 2.39. The number of thiophene rings is 1. The normalized spacial score (nSPS) is 17.7. The van der Waals surface area contributed by atoms with Gasteiger partial charge in [-0.25, -0.2) is 0 Å². The molecule has 1 aliphatic carbocycles. The monoisotopic (exact) mass is 423 g/mol. The summed E-state index contributed by atoms with van der Waals surface area (Å²) in [6.45, 7) is 0.203. The number of carbonyl (C=O) groups is 2. The van der Waals surface area contributed by atoms with Gasteiger partial charge in [0.25, 0.3) is 5.91 Å². The number of amides is 1. The lowest BCUT2D eigenvalue weighted by atomic mass is 9.74. The van der Waals surface area contributed by atoms with Crippen molar-refractivity contribution >= 4 is 55.1 Å². The molecule has 7 heteroatoms. The Bertz CT molecular complexity index is 504. The molecular formula is C13H15Br2NO3S. The van der Waals surface area contributed by atoms with E-state index in [-0.39, 0.29) is 12.5 Å². The third-order valence-electron chi connectivity index (χ3n) is 3.72. The van der Waals surface area contributed by atoms with Crippen molar-refractivity contribution in [3.05, 3.63) is 19.2 Å². The topological polar surface area (TPSA) is 66.4 Å². The van der Waals surface area contributed by atoms with Crippen molar-refractivity contribution in [3.63, 3.8) is 0 Å². The van der Waals surface area contributed by atoms with Gasteiger partial charge in [0.15, 0.2) is 0 Å². The highest BCUT2D eigenvalue weighted by atomic mass is 79.9. The van der Waals surface area contributed by atoms with Crippen molar-refractivity contribution in [2.24, 2.45) is 5.41 Å². The Morgan fingerprint density at radius 2 is 1.95 bits per heavy atom. The van der Waals surface area contributed by atoms with E-state index in [4.69, 9.17) is 0 Å². The van der Waals surface area contributed by atoms with Gasteiger partial charge in [-0.1, -0.05) is 19.3 Å². The number of carboxylic acid groups (broad SMARTS) is 1. The molecule has 2 rings (SSSR count). The molecule has 110 valence electrons. The lowest BCUT2D eigenvalue weighted by molar-refractivity contribution is -0.150. The molecule has 0 unspecified atom stereocenters. The summed E-state index contributed by atoms with van der Waals surface area (Å²) in [5.41, 5.74) is -0.792. The van der Waals surface area contributed by atoms with Crippen LogP contribution in [0.4, 0.5) is 0 Å². The van der Waals surface area contributed by atoms with E-state index in [2.05, 4.69) is 37.2 Å². The van der Waals surface area contributed by atoms with Crippen molar-refractivity contribution in [2.45, 2.75) is 32.1 Å². The van der Waals surface area contributed by atoms with E-state index < -0.39 is 11.4 Å². The van der Waals surface area contributed by atoms with E-state index in [1.54, 1.807) is 6.07 Å². The van der Waals surface area contributed by atoms with Gasteiger partial charge in [0.05, 0.1) is 14.1 Å². The molecule has 0 radical (unpaired) electrons. The number of aliphatic carboxylic acids is 1. The molecule has 1 aromatic heterocycles. The van der Waals surface area contributed by atoms with Gasteiger partial charge in [-0.3, -0.25) is 9.59 Å². The molecule has 2 N–H and O–H groups in total. The Labute approximate surface area is 138 Å². The van der Waals surface area contributed by atoms with E-state index in [0.717, 1.165) is 27.5 Å². The maximum Gasteiger partial charge on any atom is 0.311 e. The maximum atomic E-state index is 12.1. The molecular weight excluding hydrogens is 410 g/mol. The number of halogens is 2. The van der Waals surface area contributed by atoms with Gasteiger partial charge >= 0.3 is 5.97 Å². The SMILES string of the molecule is O=C(NCC1(C(=O)O)CCCCC1)c1cc(Br)c(Br)s1. The molecule has 1 aromatic rings. The Kier molecular flexibility index (Phi) is 5.25. The lowest BCUT2D eigenvalue weighted by Crippen LogP contribution is -2.44. The molecule has 0 saturated heterocycles. The highest BCUT2D eigenvalue weighted by Crippen LogP contribution is 2.36. The minimum Gasteiger partial charge on any atom is -0.481 e. The van der Waals surface area contributed by atoms with Crippen molar-refractivity contribution in [3.8, 4) is 0 Å². The summed E-state index contributed by atoms with van der Waals surface area (Å²) in [6.07, 6.45) is 4.19. The Hall–Kier alpha value is -0.400. The molecule has 0 aliphatic heterocycles. The maximum absolute atomic E-state index is 12.1. The second kappa shape index (κ2) is 6.58. The van der Waals surface area contributed by atoms with Gasteiger partial charge in [0.2, 0.25) is 0 Å². The van der Waals surface area contributed by atoms with Crippen LogP contribution >= 0.6 is 43.2 Å². The number of hydrogen-bond acceptors (Lipinski definition) is 3. The lowest BCUT2D eigenvalue weighted by Gasteiger charge is -2.33. The van der Waals surface area contributed by atoms with Crippen LogP contribution in [0, 0.1) is 5.41 Å². The molecule has 0 spiro atoms. The van der Waals surface area contributed by atoms with Crippen LogP contribution in [-0.4, -0.2) is 23.5 Å². The molecule has 4 nitrogen and oxygen atoms in total. The van der Waals surface area contributed by atoms with Gasteiger partial charge in [-0.15, -0.1) is 11.3 Å². The molecule has 0 aromatic carbocycles. The van der Waals surface area contributed by atoms with Gasteiger partial charge in [-0.2, -0.15) is 0 Å². The van der Waals surface area contributed by atoms with Crippen molar-refractivity contribution in [1.29, 1.82) is 0 Å². The van der Waals surface area contributed by atoms with E-state index >= 15 is 0 Å². The Balaban J connectivity index is 2.02. The number of nitrogens with one attached hydrogen (secondary N) is 1. The Morgan fingerprint density at radius 1 is 1.30 bits per heavy atom. The fourth-order valence-corrected chi connectivity index (χ4v) is 4.44. The standard InChI is InChI=1S/C13H15Br2NO3S/c14-8-6-9(20-10(8)15)11(17)16-7-13(12(18)19)4-2-1-3-5-13/h6H,1-5,7H2,(H,16,17)(H,18,19). The summed E-state index contributed by atoms with van der Waals surface area (Å²) in [7, 11) is 0. The minimum absolute atomic E-state index is 0.203. The summed E-state index contributed by atoms with van der Waals surface area (Å²) < 4.78 is 1.69. The van der Waals surface area contributed by atoms with E-state index in [1.807, 2.05) is 0 Å². The van der Waals surface area contributed by atoms with Gasteiger partial charge < -0.3 is 10.4 Å². The summed E-state index contributed by atoms with van der Waals surface area (Å²) >= 11 is 8.01. The van der Waals surface area contributed by atoms with Crippen LogP contribution in [-0.2, 0) is 4.79 Å². The van der Waals surface area contributed by atoms with Crippen molar-refractivity contribution < 1.29 is 14.7 Å². The number of carbonyl (C=O) groups excluding carboxylic acids is 1. The third kappa shape index (κ3) is 3.43. The zero-order valence-corrected chi connectivity index (χ0v) is 14.7. The van der Waals surface area contributed by atoms with Crippen LogP contribution in [0.1, 0.15) is 41.8 Å². The van der Waals surface area contributed by atoms with Crippen molar-refractivity contribution in [2.75, 3.05) is 6.54 Å². The quantitative estimate of drug-likeness (QED) is 0.766. The summed E-state index contributed by atoms with van der Waals surface area (Å²) in [5.74, 6) is -1.02. The average Bonchev–Trinajstić information content (AvgIpc) is 2.77. The van der Waals surface area contributed by atoms with E-state index in [9.17, 15) is 14.7 Å². The zero-order chi connectivity index (χ0) is 14.8. The van der Waals surface area contributed by atoms with Gasteiger partial charge in [0, 0.05) is 11.0 Å². The predicted molar refractivity (Wildman–Crippen MR) is 85.2 cm³/mol. The fourth-order valence-electron chi connectivity index (χ4n) is 2.49. The molecule has 1 aliphatic rings. The predicted octanol–water partition coefficient (Wildman–Crippen LogP) is 4.04. The first-order valence-electron chi connectivity index (χ1n) is 6.41. The van der Waals surface area contributed by atoms with Crippen LogP contribution in [0.15, 0.2) is 14.3 Å². The van der Waals surface area contributed by atoms with Crippen LogP contribution in [0.5, 0.6) is 0 Å². The van der Waals surface area contributed by atoms with Crippen LogP contribution < -0.4 is 5.32 Å². The summed E-state index contributed by atoms with van der Waals surface area (Å²) in [6, 6.07) is 1.73. The first kappa shape index (κ1) is 16.0. The molecule has 1 heterocycles. The van der Waals surface area contributed by atoms with E-state index in [0.29, 0.717) is 17.7 Å². The van der Waals surface area contributed by atoms with Crippen LogP contribution in [0.25, 0.3) is 0 Å². The molecule has 1 saturated carbocycles. The largest absolute Gasteiger partial charge is 0.481 e. The first-order chi connectivity index (χ1) is 9.44. The van der Waals surface area contributed by atoms with Gasteiger partial charge in [-0.05, 0) is 50.8 Å².